The summed E-state index contributed by atoms with van der Waals surface area (Å²) in [6.45, 7) is 3.35. The lowest BCUT2D eigenvalue weighted by Gasteiger charge is -2.26. The molecule has 20 heavy (non-hydrogen) atoms. The van der Waals surface area contributed by atoms with E-state index in [2.05, 4.69) is 5.16 Å². The van der Waals surface area contributed by atoms with E-state index in [0.717, 1.165) is 12.1 Å². The first-order valence-electron chi connectivity index (χ1n) is 6.98. The van der Waals surface area contributed by atoms with E-state index >= 15 is 0 Å². The highest BCUT2D eigenvalue weighted by Gasteiger charge is 2.32. The van der Waals surface area contributed by atoms with Gasteiger partial charge in [0.25, 0.3) is 0 Å². The van der Waals surface area contributed by atoms with E-state index in [1.807, 2.05) is 37.3 Å². The van der Waals surface area contributed by atoms with Crippen LogP contribution in [-0.4, -0.2) is 34.9 Å². The average Bonchev–Trinajstić information content (AvgIpc) is 3.29. The number of likely N-dealkylation sites (N-methyl/N-ethyl adjacent to an activating group) is 1. The van der Waals surface area contributed by atoms with Crippen LogP contribution in [0, 0.1) is 5.92 Å². The second kappa shape index (κ2) is 6.41. The Hall–Kier alpha value is -2.04. The molecule has 0 aliphatic heterocycles. The van der Waals surface area contributed by atoms with Gasteiger partial charge in [0.2, 0.25) is 5.91 Å². The molecule has 3 N–H and O–H groups in total. The quantitative estimate of drug-likeness (QED) is 0.359. The number of hydrogen-bond acceptors (Lipinski definition) is 3. The molecule has 0 radical (unpaired) electrons. The molecule has 1 saturated carbocycles. The predicted octanol–water partition coefficient (Wildman–Crippen LogP) is 1.78. The molecule has 0 heterocycles. The van der Waals surface area contributed by atoms with Gasteiger partial charge in [0.1, 0.15) is 5.92 Å². The van der Waals surface area contributed by atoms with Crippen molar-refractivity contribution in [3.63, 3.8) is 0 Å². The van der Waals surface area contributed by atoms with Gasteiger partial charge in [-0.3, -0.25) is 4.79 Å². The molecule has 0 spiro atoms. The highest BCUT2D eigenvalue weighted by Crippen LogP contribution is 2.30. The summed E-state index contributed by atoms with van der Waals surface area (Å²) in [7, 11) is 0. The highest BCUT2D eigenvalue weighted by molar-refractivity contribution is 6.07. The molecule has 0 saturated heterocycles. The molecule has 1 aliphatic carbocycles. The Labute approximate surface area is 119 Å². The number of oxime groups is 1. The van der Waals surface area contributed by atoms with Gasteiger partial charge in [0, 0.05) is 13.1 Å². The molecule has 2 rings (SSSR count). The van der Waals surface area contributed by atoms with Crippen molar-refractivity contribution in [3.05, 3.63) is 35.9 Å². The maximum absolute atomic E-state index is 12.7. The Morgan fingerprint density at radius 2 is 2.10 bits per heavy atom. The topological polar surface area (TPSA) is 78.9 Å². The molecule has 1 amide bonds. The van der Waals surface area contributed by atoms with Crippen LogP contribution < -0.4 is 5.73 Å². The van der Waals surface area contributed by atoms with Gasteiger partial charge < -0.3 is 15.8 Å². The van der Waals surface area contributed by atoms with E-state index in [0.29, 0.717) is 12.5 Å². The van der Waals surface area contributed by atoms with Crippen LogP contribution >= 0.6 is 0 Å². The number of nitrogens with two attached hydrogens (primary N) is 1. The summed E-state index contributed by atoms with van der Waals surface area (Å²) in [4.78, 5) is 14.5. The molecule has 1 unspecified atom stereocenters. The van der Waals surface area contributed by atoms with Crippen LogP contribution in [-0.2, 0) is 4.79 Å². The van der Waals surface area contributed by atoms with Gasteiger partial charge in [-0.15, -0.1) is 0 Å². The molecule has 1 aromatic carbocycles. The van der Waals surface area contributed by atoms with Crippen molar-refractivity contribution >= 4 is 11.7 Å². The van der Waals surface area contributed by atoms with E-state index in [1.165, 1.54) is 12.8 Å². The van der Waals surface area contributed by atoms with E-state index in [9.17, 15) is 4.79 Å². The summed E-state index contributed by atoms with van der Waals surface area (Å²) in [5.41, 5.74) is 6.49. The molecule has 1 fully saturated rings. The second-order valence-electron chi connectivity index (χ2n) is 5.19. The third kappa shape index (κ3) is 3.29. The van der Waals surface area contributed by atoms with Gasteiger partial charge in [0.05, 0.1) is 0 Å². The Balaban J connectivity index is 2.23. The van der Waals surface area contributed by atoms with Gasteiger partial charge in [-0.25, -0.2) is 0 Å². The fourth-order valence-corrected chi connectivity index (χ4v) is 2.31. The number of benzene rings is 1. The smallest absolute Gasteiger partial charge is 0.237 e. The van der Waals surface area contributed by atoms with Crippen LogP contribution in [0.1, 0.15) is 31.2 Å². The van der Waals surface area contributed by atoms with Crippen molar-refractivity contribution in [2.75, 3.05) is 13.1 Å². The lowest BCUT2D eigenvalue weighted by atomic mass is 9.96. The van der Waals surface area contributed by atoms with Crippen molar-refractivity contribution in [3.8, 4) is 0 Å². The lowest BCUT2D eigenvalue weighted by Crippen LogP contribution is -2.41. The molecule has 0 bridgehead atoms. The first-order chi connectivity index (χ1) is 9.67. The maximum atomic E-state index is 12.7. The highest BCUT2D eigenvalue weighted by atomic mass is 16.4. The van der Waals surface area contributed by atoms with Gasteiger partial charge in [-0.1, -0.05) is 35.5 Å². The predicted molar refractivity (Wildman–Crippen MR) is 77.6 cm³/mol. The number of nitrogens with zero attached hydrogens (tertiary/aromatic N) is 2. The van der Waals surface area contributed by atoms with Crippen LogP contribution in [0.25, 0.3) is 0 Å². The number of carbonyl (C=O) groups is 1. The third-order valence-electron chi connectivity index (χ3n) is 3.66. The minimum absolute atomic E-state index is 0.0598. The fraction of sp³-hybridized carbons (Fsp3) is 0.467. The normalized spacial score (nSPS) is 16.8. The van der Waals surface area contributed by atoms with E-state index in [-0.39, 0.29) is 11.7 Å². The van der Waals surface area contributed by atoms with E-state index < -0.39 is 5.92 Å². The summed E-state index contributed by atoms with van der Waals surface area (Å²) in [6, 6.07) is 9.21. The minimum atomic E-state index is -0.708. The maximum Gasteiger partial charge on any atom is 0.237 e. The van der Waals surface area contributed by atoms with Crippen molar-refractivity contribution in [2.45, 2.75) is 25.7 Å². The van der Waals surface area contributed by atoms with Crippen LogP contribution in [0.3, 0.4) is 0 Å². The van der Waals surface area contributed by atoms with Crippen molar-refractivity contribution < 1.29 is 10.0 Å². The first kappa shape index (κ1) is 14.4. The zero-order valence-electron chi connectivity index (χ0n) is 11.7. The number of rotatable bonds is 6. The number of hydrogen-bond donors (Lipinski definition) is 2. The minimum Gasteiger partial charge on any atom is -0.409 e. The van der Waals surface area contributed by atoms with Crippen molar-refractivity contribution in [1.29, 1.82) is 0 Å². The Kier molecular flexibility index (Phi) is 4.61. The molecule has 0 aromatic heterocycles. The van der Waals surface area contributed by atoms with Gasteiger partial charge in [-0.05, 0) is 31.2 Å². The van der Waals surface area contributed by atoms with E-state index in [1.54, 1.807) is 4.90 Å². The monoisotopic (exact) mass is 275 g/mol. The second-order valence-corrected chi connectivity index (χ2v) is 5.19. The zero-order valence-corrected chi connectivity index (χ0v) is 11.7. The van der Waals surface area contributed by atoms with Crippen molar-refractivity contribution in [2.24, 2.45) is 16.8 Å². The first-order valence-corrected chi connectivity index (χ1v) is 6.98. The largest absolute Gasteiger partial charge is 0.409 e. The van der Waals surface area contributed by atoms with Crippen LogP contribution in [0.2, 0.25) is 0 Å². The standard InChI is InChI=1S/C15H21N3O2/c1-2-18(10-11-8-9-11)15(19)13(14(16)17-20)12-6-4-3-5-7-12/h3-7,11,13,20H,2,8-10H2,1H3,(H2,16,17). The third-order valence-corrected chi connectivity index (χ3v) is 3.66. The van der Waals surface area contributed by atoms with Crippen LogP contribution in [0.4, 0.5) is 0 Å². The number of carbonyl (C=O) groups excluding carboxylic acids is 1. The summed E-state index contributed by atoms with van der Waals surface area (Å²) < 4.78 is 0. The van der Waals surface area contributed by atoms with Gasteiger partial charge in [0.15, 0.2) is 5.84 Å². The fourth-order valence-electron chi connectivity index (χ4n) is 2.31. The molecular weight excluding hydrogens is 254 g/mol. The van der Waals surface area contributed by atoms with Gasteiger partial charge in [-0.2, -0.15) is 0 Å². The molecule has 108 valence electrons. The molecule has 5 heteroatoms. The number of amides is 1. The zero-order chi connectivity index (χ0) is 14.5. The molecular formula is C15H21N3O2. The molecule has 1 aliphatic rings. The number of amidine groups is 1. The molecule has 1 aromatic rings. The Bertz CT molecular complexity index is 483. The van der Waals surface area contributed by atoms with E-state index in [4.69, 9.17) is 10.9 Å². The average molecular weight is 275 g/mol. The van der Waals surface area contributed by atoms with Crippen molar-refractivity contribution in [1.82, 2.24) is 4.90 Å². The Morgan fingerprint density at radius 3 is 2.60 bits per heavy atom. The molecule has 5 nitrogen and oxygen atoms in total. The summed E-state index contributed by atoms with van der Waals surface area (Å²) in [6.07, 6.45) is 2.37. The SMILES string of the molecule is CCN(CC1CC1)C(=O)C(C(N)=NO)c1ccccc1. The molecule has 1 atom stereocenters. The summed E-state index contributed by atoms with van der Waals surface area (Å²) >= 11 is 0. The summed E-state index contributed by atoms with van der Waals surface area (Å²) in [5, 5.41) is 12.0. The van der Waals surface area contributed by atoms with Crippen LogP contribution in [0.15, 0.2) is 35.5 Å². The lowest BCUT2D eigenvalue weighted by molar-refractivity contribution is -0.131. The summed E-state index contributed by atoms with van der Waals surface area (Å²) in [5.74, 6) is -0.251. The Morgan fingerprint density at radius 1 is 1.45 bits per heavy atom. The van der Waals surface area contributed by atoms with Gasteiger partial charge >= 0.3 is 0 Å². The van der Waals surface area contributed by atoms with Crippen LogP contribution in [0.5, 0.6) is 0 Å².